The summed E-state index contributed by atoms with van der Waals surface area (Å²) in [6.45, 7) is 6.98. The van der Waals surface area contributed by atoms with Crippen LogP contribution in [0.1, 0.15) is 64.4 Å². The highest BCUT2D eigenvalue weighted by atomic mass is 16.6. The SMILES string of the molecule is CCCN(CCCCCCOC(=O)C1=C(C)N=C(C)C(C(=O)OC)C1c1cccc([N+](=O)[O-])c1)c1cccc(O)c1O. The maximum atomic E-state index is 13.4. The highest BCUT2D eigenvalue weighted by Gasteiger charge is 2.42. The molecule has 2 atom stereocenters. The number of non-ortho nitro benzene ring substituents is 1. The van der Waals surface area contributed by atoms with Crippen molar-refractivity contribution in [2.45, 2.75) is 58.8 Å². The summed E-state index contributed by atoms with van der Waals surface area (Å²) in [7, 11) is 1.25. The molecule has 1 heterocycles. The second-order valence-corrected chi connectivity index (χ2v) is 10.3. The molecule has 0 radical (unpaired) electrons. The molecule has 226 valence electrons. The van der Waals surface area contributed by atoms with Crippen molar-refractivity contribution in [3.05, 3.63) is 69.4 Å². The molecule has 1 aliphatic heterocycles. The van der Waals surface area contributed by atoms with Crippen LogP contribution in [0.5, 0.6) is 11.5 Å². The number of nitro benzene ring substituents is 1. The van der Waals surface area contributed by atoms with E-state index in [1.807, 2.05) is 11.8 Å². The van der Waals surface area contributed by atoms with Gasteiger partial charge in [0, 0.05) is 42.5 Å². The first-order valence-corrected chi connectivity index (χ1v) is 14.1. The van der Waals surface area contributed by atoms with Crippen LogP contribution in [0.15, 0.2) is 58.7 Å². The number of hydrogen-bond acceptors (Lipinski definition) is 10. The predicted molar refractivity (Wildman–Crippen MR) is 159 cm³/mol. The first kappa shape index (κ1) is 32.1. The molecule has 0 bridgehead atoms. The average molecular weight is 582 g/mol. The molecule has 42 heavy (non-hydrogen) atoms. The lowest BCUT2D eigenvalue weighted by molar-refractivity contribution is -0.384. The zero-order valence-electron chi connectivity index (χ0n) is 24.5. The minimum atomic E-state index is -0.930. The lowest BCUT2D eigenvalue weighted by Gasteiger charge is -2.31. The summed E-state index contributed by atoms with van der Waals surface area (Å²) in [5.74, 6) is -3.27. The van der Waals surface area contributed by atoms with Crippen LogP contribution in [0.4, 0.5) is 11.4 Å². The molecule has 0 saturated carbocycles. The number of methoxy groups -OCH3 is 1. The fourth-order valence-corrected chi connectivity index (χ4v) is 5.32. The summed E-state index contributed by atoms with van der Waals surface area (Å²) in [5, 5.41) is 31.5. The van der Waals surface area contributed by atoms with E-state index in [-0.39, 0.29) is 29.4 Å². The number of aliphatic imine (C=N–C) groups is 1. The summed E-state index contributed by atoms with van der Waals surface area (Å²) in [6.07, 6.45) is 4.01. The Morgan fingerprint density at radius 1 is 1.05 bits per heavy atom. The number of allylic oxidation sites excluding steroid dienone is 1. The molecule has 2 unspecified atom stereocenters. The van der Waals surface area contributed by atoms with Crippen LogP contribution in [-0.4, -0.2) is 59.6 Å². The minimum absolute atomic E-state index is 0.123. The summed E-state index contributed by atoms with van der Waals surface area (Å²) in [5.41, 5.74) is 1.89. The van der Waals surface area contributed by atoms with Gasteiger partial charge < -0.3 is 24.6 Å². The highest BCUT2D eigenvalue weighted by Crippen LogP contribution is 2.41. The molecular formula is C31H39N3O8. The number of esters is 2. The van der Waals surface area contributed by atoms with Gasteiger partial charge in [-0.3, -0.25) is 19.9 Å². The first-order chi connectivity index (χ1) is 20.1. The summed E-state index contributed by atoms with van der Waals surface area (Å²) >= 11 is 0. The van der Waals surface area contributed by atoms with Crippen molar-refractivity contribution in [3.8, 4) is 11.5 Å². The fraction of sp³-hybridized carbons (Fsp3) is 0.452. The molecule has 0 spiro atoms. The van der Waals surface area contributed by atoms with Crippen molar-refractivity contribution in [1.29, 1.82) is 0 Å². The van der Waals surface area contributed by atoms with E-state index in [0.717, 1.165) is 32.2 Å². The van der Waals surface area contributed by atoms with Gasteiger partial charge in [-0.25, -0.2) is 4.79 Å². The fourth-order valence-electron chi connectivity index (χ4n) is 5.32. The van der Waals surface area contributed by atoms with Crippen molar-refractivity contribution >= 4 is 29.0 Å². The first-order valence-electron chi connectivity index (χ1n) is 14.1. The van der Waals surface area contributed by atoms with E-state index in [4.69, 9.17) is 9.47 Å². The third-order valence-corrected chi connectivity index (χ3v) is 7.33. The van der Waals surface area contributed by atoms with Gasteiger partial charge >= 0.3 is 11.9 Å². The van der Waals surface area contributed by atoms with Gasteiger partial charge in [0.15, 0.2) is 11.5 Å². The van der Waals surface area contributed by atoms with Crippen LogP contribution in [0.2, 0.25) is 0 Å². The van der Waals surface area contributed by atoms with Crippen LogP contribution >= 0.6 is 0 Å². The number of phenolic OH excluding ortho intramolecular Hbond substituents is 2. The lowest BCUT2D eigenvalue weighted by atomic mass is 9.75. The third-order valence-electron chi connectivity index (χ3n) is 7.33. The molecular weight excluding hydrogens is 542 g/mol. The van der Waals surface area contributed by atoms with Gasteiger partial charge in [-0.15, -0.1) is 0 Å². The van der Waals surface area contributed by atoms with E-state index < -0.39 is 28.7 Å². The number of unbranched alkanes of at least 4 members (excludes halogenated alkanes) is 3. The van der Waals surface area contributed by atoms with E-state index in [1.54, 1.807) is 32.0 Å². The smallest absolute Gasteiger partial charge is 0.336 e. The van der Waals surface area contributed by atoms with Crippen LogP contribution < -0.4 is 4.90 Å². The number of rotatable bonds is 14. The molecule has 0 fully saturated rings. The number of ether oxygens (including phenoxy) is 2. The number of aromatic hydroxyl groups is 2. The van der Waals surface area contributed by atoms with Crippen molar-refractivity contribution < 1.29 is 34.2 Å². The molecule has 3 rings (SSSR count). The Morgan fingerprint density at radius 2 is 1.76 bits per heavy atom. The Hall–Kier alpha value is -4.41. The Labute approximate surface area is 245 Å². The topological polar surface area (TPSA) is 152 Å². The van der Waals surface area contributed by atoms with Crippen LogP contribution in [0, 0.1) is 16.0 Å². The van der Waals surface area contributed by atoms with Gasteiger partial charge in [0.25, 0.3) is 5.69 Å². The molecule has 2 N–H and O–H groups in total. The number of phenols is 2. The van der Waals surface area contributed by atoms with Crippen LogP contribution in [-0.2, 0) is 19.1 Å². The predicted octanol–water partition coefficient (Wildman–Crippen LogP) is 5.65. The largest absolute Gasteiger partial charge is 0.504 e. The molecule has 0 saturated heterocycles. The van der Waals surface area contributed by atoms with Gasteiger partial charge in [-0.05, 0) is 57.2 Å². The van der Waals surface area contributed by atoms with E-state index in [1.165, 1.54) is 31.4 Å². The molecule has 2 aromatic rings. The number of anilines is 1. The molecule has 0 aliphatic carbocycles. The third kappa shape index (κ3) is 7.65. The average Bonchev–Trinajstić information content (AvgIpc) is 2.96. The zero-order valence-corrected chi connectivity index (χ0v) is 24.5. The minimum Gasteiger partial charge on any atom is -0.504 e. The Bertz CT molecular complexity index is 1350. The molecule has 11 heteroatoms. The number of carbonyl (C=O) groups is 2. The van der Waals surface area contributed by atoms with E-state index in [9.17, 15) is 29.9 Å². The van der Waals surface area contributed by atoms with Gasteiger partial charge in [-0.2, -0.15) is 0 Å². The van der Waals surface area contributed by atoms with Crippen LogP contribution in [0.25, 0.3) is 0 Å². The second kappa shape index (κ2) is 15.0. The zero-order chi connectivity index (χ0) is 30.8. The number of para-hydroxylation sites is 1. The molecule has 0 amide bonds. The molecule has 0 aromatic heterocycles. The van der Waals surface area contributed by atoms with Gasteiger partial charge in [-0.1, -0.05) is 31.5 Å². The number of nitro groups is 1. The number of carbonyl (C=O) groups excluding carboxylic acids is 2. The highest BCUT2D eigenvalue weighted by molar-refractivity contribution is 6.07. The van der Waals surface area contributed by atoms with Crippen molar-refractivity contribution in [1.82, 2.24) is 0 Å². The number of benzene rings is 2. The lowest BCUT2D eigenvalue weighted by Crippen LogP contribution is -2.36. The molecule has 2 aromatic carbocycles. The Balaban J connectivity index is 1.63. The van der Waals surface area contributed by atoms with E-state index in [0.29, 0.717) is 35.6 Å². The summed E-state index contributed by atoms with van der Waals surface area (Å²) < 4.78 is 10.6. The van der Waals surface area contributed by atoms with Crippen molar-refractivity contribution in [2.75, 3.05) is 31.7 Å². The van der Waals surface area contributed by atoms with Crippen molar-refractivity contribution in [2.24, 2.45) is 10.9 Å². The monoisotopic (exact) mass is 581 g/mol. The van der Waals surface area contributed by atoms with E-state index >= 15 is 0 Å². The summed E-state index contributed by atoms with van der Waals surface area (Å²) in [6, 6.07) is 10.8. The van der Waals surface area contributed by atoms with Crippen LogP contribution in [0.3, 0.4) is 0 Å². The van der Waals surface area contributed by atoms with Crippen molar-refractivity contribution in [3.63, 3.8) is 0 Å². The molecule has 1 aliphatic rings. The van der Waals surface area contributed by atoms with Gasteiger partial charge in [0.2, 0.25) is 0 Å². The molecule has 11 nitrogen and oxygen atoms in total. The Kier molecular flexibility index (Phi) is 11.5. The maximum Gasteiger partial charge on any atom is 0.336 e. The van der Waals surface area contributed by atoms with E-state index in [2.05, 4.69) is 4.99 Å². The maximum absolute atomic E-state index is 13.4. The standard InChI is InChI=1S/C31H39N3O8/c1-5-16-33(24-14-11-15-25(35)29(24)36)17-8-6-7-9-18-42-31(38)27-21(3)32-20(2)26(30(37)41-4)28(27)22-12-10-13-23(19-22)34(39)40/h10-15,19,26,28,35-36H,5-9,16-18H2,1-4H3. The number of nitrogens with zero attached hydrogens (tertiary/aromatic N) is 3. The van der Waals surface area contributed by atoms with Gasteiger partial charge in [0.1, 0.15) is 5.92 Å². The quantitative estimate of drug-likeness (QED) is 0.0948. The second-order valence-electron chi connectivity index (χ2n) is 10.3. The normalized spacial score (nSPS) is 16.5. The Morgan fingerprint density at radius 3 is 2.45 bits per heavy atom. The summed E-state index contributed by atoms with van der Waals surface area (Å²) in [4.78, 5) is 43.5. The number of hydrogen-bond donors (Lipinski definition) is 2. The van der Waals surface area contributed by atoms with Gasteiger partial charge in [0.05, 0.1) is 29.9 Å².